The molecule has 0 aliphatic carbocycles. The van der Waals surface area contributed by atoms with Crippen molar-refractivity contribution in [3.05, 3.63) is 77.3 Å². The number of aromatic nitrogens is 1. The molecular formula is C22H15ClF2N2O5S2. The van der Waals surface area contributed by atoms with Crippen LogP contribution in [-0.2, 0) is 10.0 Å². The van der Waals surface area contributed by atoms with E-state index in [1.807, 2.05) is 0 Å². The first-order valence-electron chi connectivity index (χ1n) is 9.60. The lowest BCUT2D eigenvalue weighted by Gasteiger charge is -2.09. The lowest BCUT2D eigenvalue weighted by atomic mass is 10.1. The van der Waals surface area contributed by atoms with E-state index in [1.165, 1.54) is 48.5 Å². The summed E-state index contributed by atoms with van der Waals surface area (Å²) in [6.45, 7) is -2.95. The van der Waals surface area contributed by atoms with Crippen molar-refractivity contribution in [1.82, 2.24) is 4.98 Å². The highest BCUT2D eigenvalue weighted by Gasteiger charge is 2.18. The summed E-state index contributed by atoms with van der Waals surface area (Å²) in [5.74, 6) is -0.350. The molecule has 34 heavy (non-hydrogen) atoms. The molecule has 1 aromatic heterocycles. The molecule has 4 aromatic rings. The highest BCUT2D eigenvalue weighted by atomic mass is 35.5. The van der Waals surface area contributed by atoms with E-state index in [-0.39, 0.29) is 43.7 Å². The number of Topliss-reactive ketones (excluding diaryl/α,β-unsaturated/α-hetero) is 1. The summed E-state index contributed by atoms with van der Waals surface area (Å²) in [4.78, 5) is 16.6. The monoisotopic (exact) mass is 524 g/mol. The number of hydrogen-bond donors (Lipinski definition) is 1. The number of fused-ring (bicyclic) bond motifs is 1. The summed E-state index contributed by atoms with van der Waals surface area (Å²) in [5, 5.41) is 0.431. The molecule has 0 saturated heterocycles. The van der Waals surface area contributed by atoms with Crippen LogP contribution in [0.1, 0.15) is 10.4 Å². The maximum atomic E-state index is 12.7. The number of sulfonamides is 1. The van der Waals surface area contributed by atoms with Crippen molar-refractivity contribution < 1.29 is 31.1 Å². The van der Waals surface area contributed by atoms with Crippen LogP contribution >= 0.6 is 23.4 Å². The molecule has 0 aliphatic rings. The Labute approximate surface area is 202 Å². The minimum Gasteiger partial charge on any atom is -0.435 e. The smallest absolute Gasteiger partial charge is 0.387 e. The van der Waals surface area contributed by atoms with Gasteiger partial charge in [0.2, 0.25) is 0 Å². The van der Waals surface area contributed by atoms with Crippen LogP contribution in [0.15, 0.2) is 81.3 Å². The predicted molar refractivity (Wildman–Crippen MR) is 124 cm³/mol. The maximum Gasteiger partial charge on any atom is 0.387 e. The van der Waals surface area contributed by atoms with Crippen LogP contribution < -0.4 is 9.46 Å². The largest absolute Gasteiger partial charge is 0.435 e. The minimum absolute atomic E-state index is 0.0267. The molecule has 0 fully saturated rings. The third-order valence-corrected chi connectivity index (χ3v) is 7.02. The Morgan fingerprint density at radius 3 is 2.56 bits per heavy atom. The highest BCUT2D eigenvalue weighted by molar-refractivity contribution is 7.99. The van der Waals surface area contributed by atoms with Crippen molar-refractivity contribution in [2.24, 2.45) is 0 Å². The summed E-state index contributed by atoms with van der Waals surface area (Å²) in [6, 6.07) is 16.0. The van der Waals surface area contributed by atoms with Gasteiger partial charge in [0.15, 0.2) is 11.4 Å². The minimum atomic E-state index is -3.93. The van der Waals surface area contributed by atoms with Gasteiger partial charge in [-0.15, -0.1) is 0 Å². The third-order valence-electron chi connectivity index (χ3n) is 4.50. The number of oxazole rings is 1. The topological polar surface area (TPSA) is 98.5 Å². The molecule has 4 rings (SSSR count). The second-order valence-electron chi connectivity index (χ2n) is 6.81. The number of alkyl halides is 2. The fourth-order valence-corrected chi connectivity index (χ4v) is 4.96. The van der Waals surface area contributed by atoms with Crippen LogP contribution in [0, 0.1) is 0 Å². The van der Waals surface area contributed by atoms with Crippen LogP contribution in [0.2, 0.25) is 5.02 Å². The van der Waals surface area contributed by atoms with Crippen molar-refractivity contribution in [3.8, 4) is 5.75 Å². The summed E-state index contributed by atoms with van der Waals surface area (Å²) < 4.78 is 62.2. The number of carbonyl (C=O) groups is 1. The average Bonchev–Trinajstić information content (AvgIpc) is 3.21. The molecule has 3 aromatic carbocycles. The van der Waals surface area contributed by atoms with Gasteiger partial charge in [-0.1, -0.05) is 35.5 Å². The quantitative estimate of drug-likeness (QED) is 0.216. The molecule has 0 bridgehead atoms. The molecule has 0 spiro atoms. The Hall–Kier alpha value is -3.15. The van der Waals surface area contributed by atoms with E-state index in [0.29, 0.717) is 11.1 Å². The van der Waals surface area contributed by atoms with Gasteiger partial charge >= 0.3 is 6.61 Å². The second-order valence-corrected chi connectivity index (χ2v) is 9.83. The zero-order chi connectivity index (χ0) is 24.3. The van der Waals surface area contributed by atoms with Gasteiger partial charge in [0.25, 0.3) is 15.2 Å². The first-order valence-corrected chi connectivity index (χ1v) is 12.4. The summed E-state index contributed by atoms with van der Waals surface area (Å²) in [7, 11) is -3.93. The molecule has 0 aliphatic heterocycles. The van der Waals surface area contributed by atoms with Crippen LogP contribution in [-0.4, -0.2) is 31.5 Å². The Kier molecular flexibility index (Phi) is 7.05. The van der Waals surface area contributed by atoms with E-state index in [2.05, 4.69) is 14.4 Å². The number of benzene rings is 3. The molecular weight excluding hydrogens is 510 g/mol. The van der Waals surface area contributed by atoms with Gasteiger partial charge < -0.3 is 9.15 Å². The number of anilines is 1. The zero-order valence-electron chi connectivity index (χ0n) is 17.1. The van der Waals surface area contributed by atoms with E-state index in [4.69, 9.17) is 16.0 Å². The number of thioether (sulfide) groups is 1. The predicted octanol–water partition coefficient (Wildman–Crippen LogP) is 5.86. The van der Waals surface area contributed by atoms with Gasteiger partial charge in [-0.3, -0.25) is 9.52 Å². The first-order chi connectivity index (χ1) is 16.2. The number of hydrogen-bond acceptors (Lipinski definition) is 7. The molecule has 0 unspecified atom stereocenters. The Morgan fingerprint density at radius 2 is 1.85 bits per heavy atom. The number of nitrogens with one attached hydrogen (secondary N) is 1. The van der Waals surface area contributed by atoms with Gasteiger partial charge in [0.05, 0.1) is 21.4 Å². The number of ether oxygens (including phenoxy) is 1. The second kappa shape index (κ2) is 10.00. The first kappa shape index (κ1) is 24.0. The van der Waals surface area contributed by atoms with Crippen molar-refractivity contribution in [2.45, 2.75) is 16.7 Å². The molecule has 0 atom stereocenters. The standard InChI is InChI=1S/C22H15ClF2N2O5S2/c23-16-3-1-2-4-17(16)27-34(29,30)15-9-10-18-20(11-15)32-22(26-18)33-12-19(28)13-5-7-14(8-6-13)31-21(24)25/h1-11,21,27H,12H2. The third kappa shape index (κ3) is 5.66. The number of nitrogens with zero attached hydrogens (tertiary/aromatic N) is 1. The van der Waals surface area contributed by atoms with Crippen molar-refractivity contribution in [2.75, 3.05) is 10.5 Å². The molecule has 1 N–H and O–H groups in total. The van der Waals surface area contributed by atoms with Crippen LogP contribution in [0.25, 0.3) is 11.1 Å². The summed E-state index contributed by atoms with van der Waals surface area (Å²) in [5.41, 5.74) is 1.19. The fraction of sp³-hybridized carbons (Fsp3) is 0.0909. The molecule has 176 valence electrons. The van der Waals surface area contributed by atoms with Crippen molar-refractivity contribution in [1.29, 1.82) is 0 Å². The molecule has 7 nitrogen and oxygen atoms in total. The van der Waals surface area contributed by atoms with Gasteiger partial charge in [-0.25, -0.2) is 13.4 Å². The average molecular weight is 525 g/mol. The molecule has 12 heteroatoms. The summed E-state index contributed by atoms with van der Waals surface area (Å²) >= 11 is 7.05. The number of halogens is 3. The van der Waals surface area contributed by atoms with Gasteiger partial charge in [-0.05, 0) is 48.5 Å². The molecule has 1 heterocycles. The molecule has 0 saturated carbocycles. The van der Waals surface area contributed by atoms with Gasteiger partial charge in [-0.2, -0.15) is 8.78 Å². The normalized spacial score (nSPS) is 11.6. The van der Waals surface area contributed by atoms with E-state index >= 15 is 0 Å². The number of para-hydroxylation sites is 1. The SMILES string of the molecule is O=C(CSc1nc2ccc(S(=O)(=O)Nc3ccccc3Cl)cc2o1)c1ccc(OC(F)F)cc1. The zero-order valence-corrected chi connectivity index (χ0v) is 19.5. The van der Waals surface area contributed by atoms with Crippen molar-refractivity contribution in [3.63, 3.8) is 0 Å². The lowest BCUT2D eigenvalue weighted by Crippen LogP contribution is -2.13. The number of rotatable bonds is 9. The Morgan fingerprint density at radius 1 is 1.12 bits per heavy atom. The van der Waals surface area contributed by atoms with Crippen LogP contribution in [0.4, 0.5) is 14.5 Å². The van der Waals surface area contributed by atoms with E-state index in [0.717, 1.165) is 11.8 Å². The lowest BCUT2D eigenvalue weighted by molar-refractivity contribution is -0.0498. The van der Waals surface area contributed by atoms with Crippen molar-refractivity contribution >= 4 is 56.0 Å². The highest BCUT2D eigenvalue weighted by Crippen LogP contribution is 2.28. The van der Waals surface area contributed by atoms with Crippen LogP contribution in [0.3, 0.4) is 0 Å². The van der Waals surface area contributed by atoms with Crippen LogP contribution in [0.5, 0.6) is 5.75 Å². The maximum absolute atomic E-state index is 12.7. The fourth-order valence-electron chi connectivity index (χ4n) is 2.89. The van der Waals surface area contributed by atoms with Gasteiger partial charge in [0, 0.05) is 11.6 Å². The van der Waals surface area contributed by atoms with E-state index in [1.54, 1.807) is 18.2 Å². The van der Waals surface area contributed by atoms with E-state index < -0.39 is 16.6 Å². The van der Waals surface area contributed by atoms with Gasteiger partial charge in [0.1, 0.15) is 11.3 Å². The molecule has 0 radical (unpaired) electrons. The molecule has 0 amide bonds. The summed E-state index contributed by atoms with van der Waals surface area (Å²) in [6.07, 6.45) is 0. The van der Waals surface area contributed by atoms with E-state index in [9.17, 15) is 22.0 Å². The number of ketones is 1. The Bertz CT molecular complexity index is 1440. The number of carbonyl (C=O) groups excluding carboxylic acids is 1. The Balaban J connectivity index is 1.45.